The summed E-state index contributed by atoms with van der Waals surface area (Å²) in [7, 11) is 0. The number of para-hydroxylation sites is 1. The predicted molar refractivity (Wildman–Crippen MR) is 69.7 cm³/mol. The summed E-state index contributed by atoms with van der Waals surface area (Å²) in [5.41, 5.74) is 0. The predicted octanol–water partition coefficient (Wildman–Crippen LogP) is 5.14. The molecule has 5 heteroatoms. The van der Waals surface area contributed by atoms with Gasteiger partial charge in [-0.05, 0) is 24.3 Å². The molecule has 0 heterocycles. The van der Waals surface area contributed by atoms with Gasteiger partial charge in [-0.2, -0.15) is 0 Å². The molecule has 2 rings (SSSR count). The van der Waals surface area contributed by atoms with Crippen LogP contribution in [0.4, 0.5) is 0 Å². The first-order chi connectivity index (χ1) is 8.08. The van der Waals surface area contributed by atoms with Gasteiger partial charge in [-0.3, -0.25) is 0 Å². The topological polar surface area (TPSA) is 29.5 Å². The maximum absolute atomic E-state index is 9.64. The molecule has 0 unspecified atom stereocenters. The Morgan fingerprint density at radius 3 is 2.18 bits per heavy atom. The van der Waals surface area contributed by atoms with E-state index in [9.17, 15) is 5.11 Å². The number of benzene rings is 2. The lowest BCUT2D eigenvalue weighted by atomic mass is 10.3. The average Bonchev–Trinajstić information content (AvgIpc) is 2.26. The second-order valence-corrected chi connectivity index (χ2v) is 4.52. The Balaban J connectivity index is 2.38. The van der Waals surface area contributed by atoms with Crippen molar-refractivity contribution in [2.75, 3.05) is 0 Å². The van der Waals surface area contributed by atoms with E-state index in [1.807, 2.05) is 0 Å². The molecule has 2 aromatic rings. The molecule has 0 spiro atoms. The molecule has 0 aliphatic rings. The first-order valence-electron chi connectivity index (χ1n) is 4.68. The van der Waals surface area contributed by atoms with Gasteiger partial charge in [0.2, 0.25) is 0 Å². The lowest BCUT2D eigenvalue weighted by Gasteiger charge is -2.10. The Morgan fingerprint density at radius 2 is 1.59 bits per heavy atom. The Kier molecular flexibility index (Phi) is 3.67. The largest absolute Gasteiger partial charge is 0.504 e. The normalized spacial score (nSPS) is 10.3. The quantitative estimate of drug-likeness (QED) is 0.829. The van der Waals surface area contributed by atoms with Crippen molar-refractivity contribution in [1.82, 2.24) is 0 Å². The van der Waals surface area contributed by atoms with Crippen LogP contribution < -0.4 is 4.74 Å². The zero-order valence-electron chi connectivity index (χ0n) is 8.45. The molecule has 0 radical (unpaired) electrons. The van der Waals surface area contributed by atoms with E-state index in [-0.39, 0.29) is 11.5 Å². The Hall–Kier alpha value is -1.09. The second kappa shape index (κ2) is 5.05. The molecule has 0 amide bonds. The summed E-state index contributed by atoms with van der Waals surface area (Å²) in [5.74, 6) is 0.464. The zero-order valence-corrected chi connectivity index (χ0v) is 10.7. The van der Waals surface area contributed by atoms with Crippen LogP contribution in [-0.4, -0.2) is 5.11 Å². The first-order valence-corrected chi connectivity index (χ1v) is 5.81. The zero-order chi connectivity index (χ0) is 12.4. The van der Waals surface area contributed by atoms with Crippen LogP contribution in [0.1, 0.15) is 0 Å². The maximum Gasteiger partial charge on any atom is 0.169 e. The summed E-state index contributed by atoms with van der Waals surface area (Å²) in [4.78, 5) is 0. The van der Waals surface area contributed by atoms with Crippen LogP contribution in [-0.2, 0) is 0 Å². The lowest BCUT2D eigenvalue weighted by Crippen LogP contribution is -1.87. The molecule has 2 nitrogen and oxygen atoms in total. The van der Waals surface area contributed by atoms with Gasteiger partial charge in [-0.15, -0.1) is 0 Å². The lowest BCUT2D eigenvalue weighted by molar-refractivity contribution is 0.411. The summed E-state index contributed by atoms with van der Waals surface area (Å²) in [6, 6.07) is 9.52. The number of aromatic hydroxyl groups is 1. The van der Waals surface area contributed by atoms with Gasteiger partial charge in [-0.1, -0.05) is 40.9 Å². The first kappa shape index (κ1) is 12.4. The smallest absolute Gasteiger partial charge is 0.169 e. The van der Waals surface area contributed by atoms with Gasteiger partial charge < -0.3 is 9.84 Å². The molecule has 0 fully saturated rings. The minimum absolute atomic E-state index is 0.0755. The van der Waals surface area contributed by atoms with E-state index in [1.54, 1.807) is 24.3 Å². The van der Waals surface area contributed by atoms with Crippen LogP contribution in [0, 0.1) is 0 Å². The number of ether oxygens (including phenoxy) is 1. The molecule has 17 heavy (non-hydrogen) atoms. The molecule has 0 aromatic heterocycles. The Bertz CT molecular complexity index is 535. The highest BCUT2D eigenvalue weighted by atomic mass is 35.5. The molecular formula is C12H7Cl3O2. The maximum atomic E-state index is 9.64. The highest BCUT2D eigenvalue weighted by molar-refractivity contribution is 6.37. The third-order valence-electron chi connectivity index (χ3n) is 2.05. The monoisotopic (exact) mass is 288 g/mol. The summed E-state index contributed by atoms with van der Waals surface area (Å²) in [6.45, 7) is 0. The van der Waals surface area contributed by atoms with Crippen molar-refractivity contribution in [3.8, 4) is 17.2 Å². The van der Waals surface area contributed by atoms with E-state index >= 15 is 0 Å². The van der Waals surface area contributed by atoms with Crippen LogP contribution in [0.3, 0.4) is 0 Å². The summed E-state index contributed by atoms with van der Waals surface area (Å²) in [6.07, 6.45) is 0. The standard InChI is InChI=1S/C12H7Cl3O2/c13-7-4-5-11(10(16)6-7)17-12-8(14)2-1-3-9(12)15/h1-6,16H. The van der Waals surface area contributed by atoms with Gasteiger partial charge in [0.25, 0.3) is 0 Å². The number of hydrogen-bond acceptors (Lipinski definition) is 2. The molecule has 2 aromatic carbocycles. The van der Waals surface area contributed by atoms with Gasteiger partial charge in [0.05, 0.1) is 10.0 Å². The fourth-order valence-electron chi connectivity index (χ4n) is 1.27. The van der Waals surface area contributed by atoms with E-state index in [0.29, 0.717) is 20.8 Å². The molecular weight excluding hydrogens is 282 g/mol. The van der Waals surface area contributed by atoms with E-state index in [2.05, 4.69) is 0 Å². The summed E-state index contributed by atoms with van der Waals surface area (Å²) < 4.78 is 5.45. The molecule has 0 atom stereocenters. The van der Waals surface area contributed by atoms with E-state index < -0.39 is 0 Å². The van der Waals surface area contributed by atoms with Crippen LogP contribution in [0.5, 0.6) is 17.2 Å². The SMILES string of the molecule is Oc1cc(Cl)ccc1Oc1c(Cl)cccc1Cl. The Morgan fingerprint density at radius 1 is 0.941 bits per heavy atom. The van der Waals surface area contributed by atoms with Crippen LogP contribution >= 0.6 is 34.8 Å². The van der Waals surface area contributed by atoms with Crippen molar-refractivity contribution < 1.29 is 9.84 Å². The number of rotatable bonds is 2. The molecule has 0 aliphatic carbocycles. The fourth-order valence-corrected chi connectivity index (χ4v) is 1.91. The fraction of sp³-hybridized carbons (Fsp3) is 0. The number of halogens is 3. The number of hydrogen-bond donors (Lipinski definition) is 1. The third kappa shape index (κ3) is 2.78. The van der Waals surface area contributed by atoms with Crippen molar-refractivity contribution >= 4 is 34.8 Å². The third-order valence-corrected chi connectivity index (χ3v) is 2.88. The molecule has 0 aliphatic heterocycles. The highest BCUT2D eigenvalue weighted by Crippen LogP contribution is 2.39. The van der Waals surface area contributed by atoms with Gasteiger partial charge in [0, 0.05) is 11.1 Å². The van der Waals surface area contributed by atoms with Crippen molar-refractivity contribution in [1.29, 1.82) is 0 Å². The van der Waals surface area contributed by atoms with Crippen molar-refractivity contribution in [2.24, 2.45) is 0 Å². The van der Waals surface area contributed by atoms with Crippen molar-refractivity contribution in [3.63, 3.8) is 0 Å². The van der Waals surface area contributed by atoms with Gasteiger partial charge in [0.1, 0.15) is 0 Å². The van der Waals surface area contributed by atoms with Crippen LogP contribution in [0.25, 0.3) is 0 Å². The van der Waals surface area contributed by atoms with Crippen molar-refractivity contribution in [2.45, 2.75) is 0 Å². The highest BCUT2D eigenvalue weighted by Gasteiger charge is 2.10. The molecule has 88 valence electrons. The Labute approximate surface area is 113 Å². The van der Waals surface area contributed by atoms with Crippen molar-refractivity contribution in [3.05, 3.63) is 51.5 Å². The van der Waals surface area contributed by atoms with E-state index in [4.69, 9.17) is 39.5 Å². The summed E-state index contributed by atoms with van der Waals surface area (Å²) in [5, 5.41) is 10.8. The molecule has 0 saturated carbocycles. The minimum atomic E-state index is -0.0755. The van der Waals surface area contributed by atoms with Gasteiger partial charge in [0.15, 0.2) is 17.2 Å². The molecule has 0 bridgehead atoms. The minimum Gasteiger partial charge on any atom is -0.504 e. The van der Waals surface area contributed by atoms with E-state index in [1.165, 1.54) is 12.1 Å². The second-order valence-electron chi connectivity index (χ2n) is 3.26. The number of phenols is 1. The van der Waals surface area contributed by atoms with Gasteiger partial charge in [-0.25, -0.2) is 0 Å². The number of phenolic OH excluding ortho intramolecular Hbond substituents is 1. The summed E-state index contributed by atoms with van der Waals surface area (Å²) >= 11 is 17.6. The average molecular weight is 290 g/mol. The van der Waals surface area contributed by atoms with Crippen LogP contribution in [0.2, 0.25) is 15.1 Å². The molecule has 0 saturated heterocycles. The van der Waals surface area contributed by atoms with Gasteiger partial charge >= 0.3 is 0 Å². The molecule has 1 N–H and O–H groups in total. The van der Waals surface area contributed by atoms with E-state index in [0.717, 1.165) is 0 Å². The van der Waals surface area contributed by atoms with Crippen LogP contribution in [0.15, 0.2) is 36.4 Å².